The number of rotatable bonds is 8. The molecule has 0 aliphatic carbocycles. The van der Waals surface area contributed by atoms with Gasteiger partial charge in [-0.3, -0.25) is 0 Å². The van der Waals surface area contributed by atoms with E-state index < -0.39 is 0 Å². The molecular weight excluding hydrogens is 245 g/mol. The van der Waals surface area contributed by atoms with Gasteiger partial charge in [0, 0.05) is 6.54 Å². The van der Waals surface area contributed by atoms with E-state index in [2.05, 4.69) is 0 Å². The average molecular weight is 269 g/mol. The van der Waals surface area contributed by atoms with Crippen molar-refractivity contribution in [2.45, 2.75) is 19.8 Å². The zero-order chi connectivity index (χ0) is 14.3. The molecule has 0 unspecified atom stereocenters. The van der Waals surface area contributed by atoms with E-state index in [1.807, 2.05) is 38.9 Å². The highest BCUT2D eigenvalue weighted by molar-refractivity contribution is 5.30. The Labute approximate surface area is 115 Å². The van der Waals surface area contributed by atoms with E-state index in [4.69, 9.17) is 9.47 Å². The minimum atomic E-state index is -0.306. The van der Waals surface area contributed by atoms with Crippen LogP contribution in [0, 0.1) is 5.82 Å². The van der Waals surface area contributed by atoms with Crippen molar-refractivity contribution in [1.82, 2.24) is 4.90 Å². The van der Waals surface area contributed by atoms with Gasteiger partial charge >= 0.3 is 0 Å². The Hall–Kier alpha value is -1.13. The molecule has 0 heterocycles. The number of benzene rings is 1. The van der Waals surface area contributed by atoms with Gasteiger partial charge in [-0.1, -0.05) is 19.9 Å². The molecule has 0 saturated carbocycles. The Kier molecular flexibility index (Phi) is 6.81. The smallest absolute Gasteiger partial charge is 0.165 e. The third-order valence-electron chi connectivity index (χ3n) is 2.79. The first kappa shape index (κ1) is 15.9. The fourth-order valence-corrected chi connectivity index (χ4v) is 1.55. The number of likely N-dealkylation sites (N-methyl/N-ethyl adjacent to an activating group) is 1. The van der Waals surface area contributed by atoms with Crippen molar-refractivity contribution in [2.24, 2.45) is 0 Å². The minimum Gasteiger partial charge on any atom is -0.488 e. The lowest BCUT2D eigenvalue weighted by Crippen LogP contribution is -2.19. The fraction of sp³-hybridized carbons (Fsp3) is 0.600. The van der Waals surface area contributed by atoms with Crippen LogP contribution < -0.4 is 4.74 Å². The second-order valence-corrected chi connectivity index (χ2v) is 5.11. The lowest BCUT2D eigenvalue weighted by molar-refractivity contribution is 0.0878. The maximum absolute atomic E-state index is 13.7. The van der Waals surface area contributed by atoms with E-state index in [9.17, 15) is 4.39 Å². The third kappa shape index (κ3) is 6.03. The second-order valence-electron chi connectivity index (χ2n) is 5.11. The molecule has 0 fully saturated rings. The van der Waals surface area contributed by atoms with Crippen molar-refractivity contribution in [3.63, 3.8) is 0 Å². The summed E-state index contributed by atoms with van der Waals surface area (Å²) in [6.45, 7) is 6.44. The molecular formula is C15H24FNO2. The molecule has 4 heteroatoms. The highest BCUT2D eigenvalue weighted by Gasteiger charge is 2.06. The van der Waals surface area contributed by atoms with E-state index in [1.165, 1.54) is 6.07 Å². The monoisotopic (exact) mass is 269 g/mol. The van der Waals surface area contributed by atoms with Gasteiger partial charge in [-0.05, 0) is 37.7 Å². The molecule has 0 aliphatic heterocycles. The summed E-state index contributed by atoms with van der Waals surface area (Å²) in [5.74, 6) is 0.304. The summed E-state index contributed by atoms with van der Waals surface area (Å²) in [5.41, 5.74) is 0.979. The van der Waals surface area contributed by atoms with Crippen molar-refractivity contribution in [3.8, 4) is 5.75 Å². The lowest BCUT2D eigenvalue weighted by atomic mass is 10.0. The molecule has 1 rings (SSSR count). The van der Waals surface area contributed by atoms with E-state index in [0.29, 0.717) is 31.5 Å². The van der Waals surface area contributed by atoms with Crippen LogP contribution in [-0.4, -0.2) is 45.4 Å². The SMILES string of the molecule is CC(C)c1ccc(OCCOCCN(C)C)c(F)c1. The highest BCUT2D eigenvalue weighted by Crippen LogP contribution is 2.22. The van der Waals surface area contributed by atoms with E-state index >= 15 is 0 Å². The van der Waals surface area contributed by atoms with Crippen LogP contribution in [0.2, 0.25) is 0 Å². The third-order valence-corrected chi connectivity index (χ3v) is 2.79. The molecule has 19 heavy (non-hydrogen) atoms. The van der Waals surface area contributed by atoms with Gasteiger partial charge in [-0.2, -0.15) is 0 Å². The molecule has 0 radical (unpaired) electrons. The van der Waals surface area contributed by atoms with Crippen LogP contribution >= 0.6 is 0 Å². The first-order valence-electron chi connectivity index (χ1n) is 6.65. The zero-order valence-electron chi connectivity index (χ0n) is 12.3. The van der Waals surface area contributed by atoms with Crippen LogP contribution in [0.5, 0.6) is 5.75 Å². The summed E-state index contributed by atoms with van der Waals surface area (Å²) in [5, 5.41) is 0. The molecule has 3 nitrogen and oxygen atoms in total. The zero-order valence-corrected chi connectivity index (χ0v) is 12.3. The number of ether oxygens (including phenoxy) is 2. The second kappa shape index (κ2) is 8.12. The summed E-state index contributed by atoms with van der Waals surface area (Å²) in [7, 11) is 3.98. The van der Waals surface area contributed by atoms with E-state index in [0.717, 1.165) is 12.1 Å². The van der Waals surface area contributed by atoms with E-state index in [1.54, 1.807) is 6.07 Å². The molecule has 0 aromatic heterocycles. The Morgan fingerprint density at radius 2 is 1.89 bits per heavy atom. The van der Waals surface area contributed by atoms with Gasteiger partial charge in [0.1, 0.15) is 6.61 Å². The predicted molar refractivity (Wildman–Crippen MR) is 75.4 cm³/mol. The number of nitrogens with zero attached hydrogens (tertiary/aromatic N) is 1. The Bertz CT molecular complexity index is 380. The van der Waals surface area contributed by atoms with Crippen molar-refractivity contribution in [3.05, 3.63) is 29.6 Å². The molecule has 108 valence electrons. The maximum atomic E-state index is 13.7. The summed E-state index contributed by atoms with van der Waals surface area (Å²) in [6.07, 6.45) is 0. The molecule has 0 bridgehead atoms. The number of hydrogen-bond acceptors (Lipinski definition) is 3. The van der Waals surface area contributed by atoms with Gasteiger partial charge in [-0.25, -0.2) is 4.39 Å². The van der Waals surface area contributed by atoms with Crippen LogP contribution in [0.4, 0.5) is 4.39 Å². The molecule has 0 spiro atoms. The van der Waals surface area contributed by atoms with Gasteiger partial charge in [0.2, 0.25) is 0 Å². The Balaban J connectivity index is 2.30. The van der Waals surface area contributed by atoms with Crippen molar-refractivity contribution >= 4 is 0 Å². The molecule has 0 N–H and O–H groups in total. The van der Waals surface area contributed by atoms with Gasteiger partial charge in [0.15, 0.2) is 11.6 Å². The standard InChI is InChI=1S/C15H24FNO2/c1-12(2)13-5-6-15(14(16)11-13)19-10-9-18-8-7-17(3)4/h5-6,11-12H,7-10H2,1-4H3. The van der Waals surface area contributed by atoms with Crippen molar-refractivity contribution < 1.29 is 13.9 Å². The molecule has 0 saturated heterocycles. The first-order valence-corrected chi connectivity index (χ1v) is 6.65. The Morgan fingerprint density at radius 1 is 1.16 bits per heavy atom. The summed E-state index contributed by atoms with van der Waals surface area (Å²) >= 11 is 0. The lowest BCUT2D eigenvalue weighted by Gasteiger charge is -2.12. The minimum absolute atomic E-state index is 0.292. The fourth-order valence-electron chi connectivity index (χ4n) is 1.55. The van der Waals surface area contributed by atoms with E-state index in [-0.39, 0.29) is 5.82 Å². The molecule has 1 aromatic carbocycles. The predicted octanol–water partition coefficient (Wildman–Crippen LogP) is 2.91. The normalized spacial score (nSPS) is 11.3. The number of hydrogen-bond donors (Lipinski definition) is 0. The summed E-state index contributed by atoms with van der Waals surface area (Å²) < 4.78 is 24.5. The van der Waals surface area contributed by atoms with Crippen LogP contribution in [-0.2, 0) is 4.74 Å². The topological polar surface area (TPSA) is 21.7 Å². The molecule has 1 aromatic rings. The van der Waals surface area contributed by atoms with Crippen molar-refractivity contribution in [1.29, 1.82) is 0 Å². The van der Waals surface area contributed by atoms with Crippen LogP contribution in [0.3, 0.4) is 0 Å². The van der Waals surface area contributed by atoms with Gasteiger partial charge < -0.3 is 14.4 Å². The van der Waals surface area contributed by atoms with Crippen LogP contribution in [0.25, 0.3) is 0 Å². The van der Waals surface area contributed by atoms with Crippen molar-refractivity contribution in [2.75, 3.05) is 40.5 Å². The quantitative estimate of drug-likeness (QED) is 0.677. The largest absolute Gasteiger partial charge is 0.488 e. The average Bonchev–Trinajstić information content (AvgIpc) is 2.34. The van der Waals surface area contributed by atoms with Gasteiger partial charge in [0.25, 0.3) is 0 Å². The molecule has 0 amide bonds. The first-order chi connectivity index (χ1) is 9.00. The van der Waals surface area contributed by atoms with Crippen LogP contribution in [0.15, 0.2) is 18.2 Å². The molecule has 0 aliphatic rings. The van der Waals surface area contributed by atoms with Crippen LogP contribution in [0.1, 0.15) is 25.3 Å². The summed E-state index contributed by atoms with van der Waals surface area (Å²) in [6, 6.07) is 5.12. The Morgan fingerprint density at radius 3 is 2.47 bits per heavy atom. The van der Waals surface area contributed by atoms with Gasteiger partial charge in [0.05, 0.1) is 13.2 Å². The number of halogens is 1. The maximum Gasteiger partial charge on any atom is 0.165 e. The highest BCUT2D eigenvalue weighted by atomic mass is 19.1. The van der Waals surface area contributed by atoms with Gasteiger partial charge in [-0.15, -0.1) is 0 Å². The summed E-state index contributed by atoms with van der Waals surface area (Å²) in [4.78, 5) is 2.05. The molecule has 0 atom stereocenters.